The first-order chi connectivity index (χ1) is 14.5. The zero-order valence-corrected chi connectivity index (χ0v) is 19.0. The molecule has 0 aliphatic heterocycles. The molecule has 0 unspecified atom stereocenters. The van der Waals surface area contributed by atoms with E-state index in [-0.39, 0.29) is 23.3 Å². The molecule has 2 atom stereocenters. The van der Waals surface area contributed by atoms with E-state index in [4.69, 9.17) is 9.15 Å². The van der Waals surface area contributed by atoms with Crippen LogP contribution in [0.2, 0.25) is 0 Å². The Kier molecular flexibility index (Phi) is 8.02. The second-order valence-electron chi connectivity index (χ2n) is 8.93. The topological polar surface area (TPSA) is 97.6 Å². The van der Waals surface area contributed by atoms with Crippen molar-refractivity contribution in [3.05, 3.63) is 59.5 Å². The van der Waals surface area contributed by atoms with Gasteiger partial charge in [0.2, 0.25) is 0 Å². The van der Waals surface area contributed by atoms with Crippen molar-refractivity contribution in [1.82, 2.24) is 10.6 Å². The molecular weight excluding hydrogens is 396 g/mol. The van der Waals surface area contributed by atoms with Gasteiger partial charge in [-0.25, -0.2) is 4.79 Å². The van der Waals surface area contributed by atoms with Crippen LogP contribution in [0.3, 0.4) is 0 Å². The van der Waals surface area contributed by atoms with E-state index in [1.54, 1.807) is 45.0 Å². The average molecular weight is 429 g/mol. The molecule has 2 aromatic rings. The molecule has 0 saturated heterocycles. The molecule has 7 nitrogen and oxygen atoms in total. The van der Waals surface area contributed by atoms with Crippen molar-refractivity contribution >= 4 is 17.8 Å². The minimum atomic E-state index is -0.870. The van der Waals surface area contributed by atoms with Gasteiger partial charge in [-0.15, -0.1) is 0 Å². The molecule has 2 rings (SSSR count). The number of esters is 1. The number of hydrogen-bond donors (Lipinski definition) is 2. The van der Waals surface area contributed by atoms with Crippen LogP contribution in [0.4, 0.5) is 0 Å². The first kappa shape index (κ1) is 24.2. The van der Waals surface area contributed by atoms with E-state index in [1.807, 2.05) is 12.1 Å². The summed E-state index contributed by atoms with van der Waals surface area (Å²) < 4.78 is 10.4. The molecule has 0 radical (unpaired) electrons. The third-order valence-electron chi connectivity index (χ3n) is 4.91. The summed E-state index contributed by atoms with van der Waals surface area (Å²) in [5.74, 6) is -1.09. The van der Waals surface area contributed by atoms with E-state index in [9.17, 15) is 14.4 Å². The van der Waals surface area contributed by atoms with E-state index >= 15 is 0 Å². The number of hydrogen-bond acceptors (Lipinski definition) is 5. The Hall–Kier alpha value is -3.09. The monoisotopic (exact) mass is 428 g/mol. The van der Waals surface area contributed by atoms with Crippen molar-refractivity contribution < 1.29 is 23.5 Å². The van der Waals surface area contributed by atoms with E-state index in [1.165, 1.54) is 6.26 Å². The highest BCUT2D eigenvalue weighted by molar-refractivity contribution is 5.97. The summed E-state index contributed by atoms with van der Waals surface area (Å²) in [7, 11) is 0. The largest absolute Gasteiger partial charge is 0.467 e. The molecule has 1 heterocycles. The van der Waals surface area contributed by atoms with Crippen molar-refractivity contribution in [2.24, 2.45) is 5.92 Å². The number of ether oxygens (including phenoxy) is 1. The molecule has 31 heavy (non-hydrogen) atoms. The summed E-state index contributed by atoms with van der Waals surface area (Å²) in [6.45, 7) is 11.2. The van der Waals surface area contributed by atoms with Crippen LogP contribution in [0.25, 0.3) is 0 Å². The van der Waals surface area contributed by atoms with Crippen molar-refractivity contribution in [2.45, 2.75) is 59.0 Å². The summed E-state index contributed by atoms with van der Waals surface area (Å²) in [6, 6.07) is 9.54. The fourth-order valence-corrected chi connectivity index (χ4v) is 2.96. The van der Waals surface area contributed by atoms with Gasteiger partial charge in [-0.05, 0) is 48.1 Å². The predicted octanol–water partition coefficient (Wildman–Crippen LogP) is 3.75. The van der Waals surface area contributed by atoms with Crippen LogP contribution in [0.5, 0.6) is 0 Å². The maximum Gasteiger partial charge on any atom is 0.329 e. The van der Waals surface area contributed by atoms with Crippen LogP contribution in [0, 0.1) is 5.92 Å². The molecule has 1 aromatic carbocycles. The Morgan fingerprint density at radius 3 is 2.16 bits per heavy atom. The highest BCUT2D eigenvalue weighted by Gasteiger charge is 2.27. The predicted molar refractivity (Wildman–Crippen MR) is 117 cm³/mol. The zero-order valence-electron chi connectivity index (χ0n) is 19.0. The van der Waals surface area contributed by atoms with E-state index in [0.717, 1.165) is 5.56 Å². The van der Waals surface area contributed by atoms with Crippen molar-refractivity contribution in [1.29, 1.82) is 0 Å². The van der Waals surface area contributed by atoms with Gasteiger partial charge < -0.3 is 19.8 Å². The molecule has 1 aromatic heterocycles. The van der Waals surface area contributed by atoms with Crippen LogP contribution in [-0.4, -0.2) is 30.4 Å². The highest BCUT2D eigenvalue weighted by atomic mass is 16.5. The lowest BCUT2D eigenvalue weighted by Gasteiger charge is -2.22. The van der Waals surface area contributed by atoms with Crippen LogP contribution in [0.1, 0.15) is 69.3 Å². The van der Waals surface area contributed by atoms with Crippen molar-refractivity contribution in [2.75, 3.05) is 6.61 Å². The number of nitrogens with one attached hydrogen (secondary N) is 2. The lowest BCUT2D eigenvalue weighted by molar-refractivity contribution is -0.151. The Bertz CT molecular complexity index is 880. The zero-order chi connectivity index (χ0) is 23.2. The maximum atomic E-state index is 12.6. The molecule has 0 fully saturated rings. The molecule has 0 spiro atoms. The Morgan fingerprint density at radius 2 is 1.65 bits per heavy atom. The molecule has 0 bridgehead atoms. The van der Waals surface area contributed by atoms with Crippen LogP contribution < -0.4 is 10.6 Å². The molecule has 0 aliphatic carbocycles. The molecule has 168 valence electrons. The fourth-order valence-electron chi connectivity index (χ4n) is 2.96. The van der Waals surface area contributed by atoms with E-state index in [2.05, 4.69) is 31.4 Å². The third-order valence-corrected chi connectivity index (χ3v) is 4.91. The standard InChI is InChI=1S/C24H32N2O5/c1-15(2)21(26-22(28)17-9-11-18(12-10-17)24(4,5)6)23(29)31-14-20(27)25-16(3)19-8-7-13-30-19/h7-13,15-16,21H,14H2,1-6H3,(H,25,27)(H,26,28)/t16-,21-/m0/s1. The van der Waals surface area contributed by atoms with Gasteiger partial charge in [-0.3, -0.25) is 9.59 Å². The number of carbonyl (C=O) groups excluding carboxylic acids is 3. The van der Waals surface area contributed by atoms with Gasteiger partial charge in [0.1, 0.15) is 11.8 Å². The first-order valence-electron chi connectivity index (χ1n) is 10.4. The summed E-state index contributed by atoms with van der Waals surface area (Å²) in [4.78, 5) is 37.2. The van der Waals surface area contributed by atoms with Crippen LogP contribution in [0.15, 0.2) is 47.1 Å². The number of amides is 2. The summed E-state index contributed by atoms with van der Waals surface area (Å²) in [5, 5.41) is 5.41. The molecule has 0 aliphatic rings. The van der Waals surface area contributed by atoms with Crippen molar-refractivity contribution in [3.63, 3.8) is 0 Å². The van der Waals surface area contributed by atoms with Crippen molar-refractivity contribution in [3.8, 4) is 0 Å². The van der Waals surface area contributed by atoms with Gasteiger partial charge in [-0.2, -0.15) is 0 Å². The third kappa shape index (κ3) is 6.98. The fraction of sp³-hybridized carbons (Fsp3) is 0.458. The Labute approximate surface area is 183 Å². The van der Waals surface area contributed by atoms with Crippen LogP contribution >= 0.6 is 0 Å². The smallest absolute Gasteiger partial charge is 0.329 e. The number of carbonyl (C=O) groups is 3. The molecule has 7 heteroatoms. The Morgan fingerprint density at radius 1 is 1.00 bits per heavy atom. The molecule has 2 amide bonds. The average Bonchev–Trinajstić information content (AvgIpc) is 3.24. The summed E-state index contributed by atoms with van der Waals surface area (Å²) >= 11 is 0. The Balaban J connectivity index is 1.92. The van der Waals surface area contributed by atoms with Crippen LogP contribution in [-0.2, 0) is 19.7 Å². The molecular formula is C24H32N2O5. The van der Waals surface area contributed by atoms with E-state index in [0.29, 0.717) is 11.3 Å². The van der Waals surface area contributed by atoms with Gasteiger partial charge in [-0.1, -0.05) is 46.8 Å². The van der Waals surface area contributed by atoms with Gasteiger partial charge >= 0.3 is 5.97 Å². The lowest BCUT2D eigenvalue weighted by atomic mass is 9.86. The summed E-state index contributed by atoms with van der Waals surface area (Å²) in [5.41, 5.74) is 1.55. The maximum absolute atomic E-state index is 12.6. The summed E-state index contributed by atoms with van der Waals surface area (Å²) in [6.07, 6.45) is 1.52. The number of furan rings is 1. The molecule has 0 saturated carbocycles. The first-order valence-corrected chi connectivity index (χ1v) is 10.4. The minimum Gasteiger partial charge on any atom is -0.467 e. The lowest BCUT2D eigenvalue weighted by Crippen LogP contribution is -2.46. The van der Waals surface area contributed by atoms with Gasteiger partial charge in [0.05, 0.1) is 12.3 Å². The minimum absolute atomic E-state index is 0.0196. The van der Waals surface area contributed by atoms with Gasteiger partial charge in [0.25, 0.3) is 11.8 Å². The van der Waals surface area contributed by atoms with Gasteiger partial charge in [0, 0.05) is 5.56 Å². The SMILES string of the molecule is CC(C)[C@H](NC(=O)c1ccc(C(C)(C)C)cc1)C(=O)OCC(=O)N[C@@H](C)c1ccco1. The second kappa shape index (κ2) is 10.3. The number of rotatable bonds is 8. The normalized spacial score (nSPS) is 13.4. The molecule has 2 N–H and O–H groups in total. The van der Waals surface area contributed by atoms with E-state index < -0.39 is 24.5 Å². The number of benzene rings is 1. The van der Waals surface area contributed by atoms with Gasteiger partial charge in [0.15, 0.2) is 6.61 Å². The second-order valence-corrected chi connectivity index (χ2v) is 8.93. The quantitative estimate of drug-likeness (QED) is 0.624. The highest BCUT2D eigenvalue weighted by Crippen LogP contribution is 2.22.